The lowest BCUT2D eigenvalue weighted by molar-refractivity contribution is 0.602. The summed E-state index contributed by atoms with van der Waals surface area (Å²) in [6, 6.07) is 6.08. The molecule has 1 aliphatic rings. The van der Waals surface area contributed by atoms with Gasteiger partial charge in [0.25, 0.3) is 0 Å². The van der Waals surface area contributed by atoms with Crippen molar-refractivity contribution in [3.8, 4) is 6.07 Å². The second-order valence-corrected chi connectivity index (χ2v) is 4.50. The Morgan fingerprint density at radius 1 is 1.39 bits per heavy atom. The fourth-order valence-corrected chi connectivity index (χ4v) is 2.29. The zero-order valence-electron chi connectivity index (χ0n) is 9.85. The highest BCUT2D eigenvalue weighted by Crippen LogP contribution is 2.21. The van der Waals surface area contributed by atoms with Gasteiger partial charge in [0.15, 0.2) is 0 Å². The molecule has 5 heteroatoms. The summed E-state index contributed by atoms with van der Waals surface area (Å²) in [6.45, 7) is 0. The molecule has 0 bridgehead atoms. The number of rotatable bonds is 2. The number of hydrogen-bond donors (Lipinski definition) is 2. The second kappa shape index (κ2) is 4.49. The summed E-state index contributed by atoms with van der Waals surface area (Å²) in [5, 5.41) is 19.2. The Bertz CT molecular complexity index is 578. The van der Waals surface area contributed by atoms with Gasteiger partial charge in [-0.3, -0.25) is 5.10 Å². The van der Waals surface area contributed by atoms with Crippen LogP contribution in [0.15, 0.2) is 24.5 Å². The average Bonchev–Trinajstić information content (AvgIpc) is 2.87. The summed E-state index contributed by atoms with van der Waals surface area (Å²) in [5.41, 5.74) is 3.12. The van der Waals surface area contributed by atoms with E-state index in [1.807, 2.05) is 12.3 Å². The molecule has 0 saturated heterocycles. The summed E-state index contributed by atoms with van der Waals surface area (Å²) in [5.74, 6) is 0.825. The molecule has 1 aliphatic carbocycles. The van der Waals surface area contributed by atoms with Gasteiger partial charge in [-0.15, -0.1) is 0 Å². The van der Waals surface area contributed by atoms with Crippen LogP contribution in [0.3, 0.4) is 0 Å². The Kier molecular flexibility index (Phi) is 2.69. The molecule has 3 rings (SSSR count). The van der Waals surface area contributed by atoms with Gasteiger partial charge in [0, 0.05) is 17.9 Å². The van der Waals surface area contributed by atoms with Gasteiger partial charge in [0.1, 0.15) is 11.9 Å². The van der Waals surface area contributed by atoms with Gasteiger partial charge in [-0.05, 0) is 37.0 Å². The molecular formula is C13H13N5. The first-order valence-electron chi connectivity index (χ1n) is 5.99. The molecule has 2 heterocycles. The van der Waals surface area contributed by atoms with Crippen LogP contribution in [0.1, 0.15) is 23.2 Å². The van der Waals surface area contributed by atoms with Crippen LogP contribution in [-0.2, 0) is 12.8 Å². The Balaban J connectivity index is 1.69. The van der Waals surface area contributed by atoms with E-state index in [-0.39, 0.29) is 0 Å². The van der Waals surface area contributed by atoms with Crippen molar-refractivity contribution in [2.45, 2.75) is 25.3 Å². The van der Waals surface area contributed by atoms with Crippen molar-refractivity contribution in [2.75, 3.05) is 5.32 Å². The van der Waals surface area contributed by atoms with Gasteiger partial charge in [0.05, 0.1) is 11.8 Å². The fourth-order valence-electron chi connectivity index (χ4n) is 2.29. The number of aryl methyl sites for hydroxylation is 1. The highest BCUT2D eigenvalue weighted by atomic mass is 15.1. The van der Waals surface area contributed by atoms with Gasteiger partial charge in [-0.25, -0.2) is 4.98 Å². The minimum Gasteiger partial charge on any atom is -0.367 e. The van der Waals surface area contributed by atoms with Gasteiger partial charge >= 0.3 is 0 Å². The summed E-state index contributed by atoms with van der Waals surface area (Å²) >= 11 is 0. The quantitative estimate of drug-likeness (QED) is 0.835. The van der Waals surface area contributed by atoms with Crippen molar-refractivity contribution in [1.82, 2.24) is 15.2 Å². The summed E-state index contributed by atoms with van der Waals surface area (Å²) in [4.78, 5) is 4.23. The normalized spacial score (nSPS) is 17.8. The lowest BCUT2D eigenvalue weighted by atomic mass is 9.93. The molecule has 0 spiro atoms. The van der Waals surface area contributed by atoms with Gasteiger partial charge < -0.3 is 5.32 Å². The van der Waals surface area contributed by atoms with Crippen molar-refractivity contribution >= 4 is 5.82 Å². The Hall–Kier alpha value is -2.35. The van der Waals surface area contributed by atoms with E-state index in [0.29, 0.717) is 11.6 Å². The largest absolute Gasteiger partial charge is 0.367 e. The van der Waals surface area contributed by atoms with Crippen LogP contribution >= 0.6 is 0 Å². The predicted molar refractivity (Wildman–Crippen MR) is 67.0 cm³/mol. The molecule has 2 aromatic heterocycles. The molecule has 90 valence electrons. The maximum atomic E-state index is 8.71. The molecule has 0 saturated carbocycles. The maximum absolute atomic E-state index is 8.71. The first-order chi connectivity index (χ1) is 8.85. The van der Waals surface area contributed by atoms with Crippen LogP contribution in [0.2, 0.25) is 0 Å². The minimum atomic E-state index is 0.385. The van der Waals surface area contributed by atoms with E-state index in [0.717, 1.165) is 25.1 Å². The Morgan fingerprint density at radius 2 is 2.33 bits per heavy atom. The van der Waals surface area contributed by atoms with Gasteiger partial charge in [-0.2, -0.15) is 10.4 Å². The topological polar surface area (TPSA) is 77.4 Å². The van der Waals surface area contributed by atoms with Crippen molar-refractivity contribution in [3.05, 3.63) is 41.3 Å². The number of anilines is 1. The first-order valence-corrected chi connectivity index (χ1v) is 5.99. The SMILES string of the molecule is N#Cc1ccc(NC2CCc3[nH]ncc3C2)nc1. The molecule has 0 aromatic carbocycles. The second-order valence-electron chi connectivity index (χ2n) is 4.50. The van der Waals surface area contributed by atoms with E-state index < -0.39 is 0 Å². The monoisotopic (exact) mass is 239 g/mol. The number of fused-ring (bicyclic) bond motifs is 1. The number of aromatic amines is 1. The Labute approximate surface area is 105 Å². The number of nitrogens with zero attached hydrogens (tertiary/aromatic N) is 3. The van der Waals surface area contributed by atoms with E-state index in [1.54, 1.807) is 12.3 Å². The standard InChI is InChI=1S/C13H13N5/c14-6-9-1-4-13(15-7-9)17-11-2-3-12-10(5-11)8-16-18-12/h1,4,7-8,11H,2-3,5H2,(H,15,17)(H,16,18). The molecule has 0 amide bonds. The van der Waals surface area contributed by atoms with Gasteiger partial charge in [-0.1, -0.05) is 0 Å². The number of H-pyrrole nitrogens is 1. The van der Waals surface area contributed by atoms with Gasteiger partial charge in [0.2, 0.25) is 0 Å². The number of aromatic nitrogens is 3. The number of nitrogens with one attached hydrogen (secondary N) is 2. The van der Waals surface area contributed by atoms with Crippen LogP contribution in [0, 0.1) is 11.3 Å². The Morgan fingerprint density at radius 3 is 3.11 bits per heavy atom. The van der Waals surface area contributed by atoms with E-state index >= 15 is 0 Å². The van der Waals surface area contributed by atoms with E-state index in [1.165, 1.54) is 11.3 Å². The van der Waals surface area contributed by atoms with Crippen molar-refractivity contribution < 1.29 is 0 Å². The van der Waals surface area contributed by atoms with E-state index in [9.17, 15) is 0 Å². The van der Waals surface area contributed by atoms with Crippen LogP contribution in [-0.4, -0.2) is 21.2 Å². The zero-order valence-corrected chi connectivity index (χ0v) is 9.85. The maximum Gasteiger partial charge on any atom is 0.126 e. The third-order valence-electron chi connectivity index (χ3n) is 3.26. The van der Waals surface area contributed by atoms with Crippen LogP contribution in [0.4, 0.5) is 5.82 Å². The van der Waals surface area contributed by atoms with E-state index in [2.05, 4.69) is 26.6 Å². The van der Waals surface area contributed by atoms with Crippen LogP contribution in [0.25, 0.3) is 0 Å². The summed E-state index contributed by atoms with van der Waals surface area (Å²) in [7, 11) is 0. The first kappa shape index (κ1) is 10.8. The lowest BCUT2D eigenvalue weighted by Gasteiger charge is -2.23. The van der Waals surface area contributed by atoms with Crippen molar-refractivity contribution in [3.63, 3.8) is 0 Å². The third-order valence-corrected chi connectivity index (χ3v) is 3.26. The molecule has 18 heavy (non-hydrogen) atoms. The molecule has 2 aromatic rings. The third kappa shape index (κ3) is 2.05. The lowest BCUT2D eigenvalue weighted by Crippen LogP contribution is -2.27. The molecular weight excluding hydrogens is 226 g/mol. The highest BCUT2D eigenvalue weighted by molar-refractivity contribution is 5.40. The smallest absolute Gasteiger partial charge is 0.126 e. The zero-order chi connectivity index (χ0) is 12.4. The molecule has 0 fully saturated rings. The molecule has 1 atom stereocenters. The molecule has 2 N–H and O–H groups in total. The van der Waals surface area contributed by atoms with Crippen molar-refractivity contribution in [2.24, 2.45) is 0 Å². The summed E-state index contributed by atoms with van der Waals surface area (Å²) < 4.78 is 0. The molecule has 0 aliphatic heterocycles. The predicted octanol–water partition coefficient (Wildman–Crippen LogP) is 1.65. The number of hydrogen-bond acceptors (Lipinski definition) is 4. The minimum absolute atomic E-state index is 0.385. The molecule has 0 radical (unpaired) electrons. The number of pyridine rings is 1. The van der Waals surface area contributed by atoms with Crippen LogP contribution < -0.4 is 5.32 Å². The fraction of sp³-hybridized carbons (Fsp3) is 0.308. The van der Waals surface area contributed by atoms with E-state index in [4.69, 9.17) is 5.26 Å². The molecule has 5 nitrogen and oxygen atoms in total. The highest BCUT2D eigenvalue weighted by Gasteiger charge is 2.19. The number of nitriles is 1. The summed E-state index contributed by atoms with van der Waals surface area (Å²) in [6.07, 6.45) is 6.54. The molecule has 1 unspecified atom stereocenters. The average molecular weight is 239 g/mol. The van der Waals surface area contributed by atoms with Crippen LogP contribution in [0.5, 0.6) is 0 Å². The van der Waals surface area contributed by atoms with Crippen molar-refractivity contribution in [1.29, 1.82) is 5.26 Å².